The second-order valence-electron chi connectivity index (χ2n) is 8.69. The molecule has 25 heavy (non-hydrogen) atoms. The zero-order chi connectivity index (χ0) is 17.2. The molecule has 140 valence electrons. The molecule has 2 aliphatic heterocycles. The maximum Gasteiger partial charge on any atom is 0.315 e. The summed E-state index contributed by atoms with van der Waals surface area (Å²) in [5.41, 5.74) is 0. The van der Waals surface area contributed by atoms with Crippen molar-refractivity contribution in [3.8, 4) is 0 Å². The van der Waals surface area contributed by atoms with E-state index in [-0.39, 0.29) is 18.0 Å². The smallest absolute Gasteiger partial charge is 0.315 e. The monoisotopic (exact) mass is 349 g/mol. The SMILES string of the molecule is O=C(C[NH+]1[C@@H]2CC[C@H]1CC(NC(=O)NC1CCCCC1)C2)NC1CC1. The predicted octanol–water partition coefficient (Wildman–Crippen LogP) is 0.475. The first-order valence-electron chi connectivity index (χ1n) is 10.4. The van der Waals surface area contributed by atoms with Crippen molar-refractivity contribution < 1.29 is 14.5 Å². The molecule has 0 spiro atoms. The number of piperidine rings is 1. The van der Waals surface area contributed by atoms with Crippen LogP contribution in [0.2, 0.25) is 0 Å². The van der Waals surface area contributed by atoms with E-state index in [1.54, 1.807) is 0 Å². The number of carbonyl (C=O) groups is 2. The molecular weight excluding hydrogens is 316 g/mol. The van der Waals surface area contributed by atoms with E-state index in [1.807, 2.05) is 0 Å². The van der Waals surface area contributed by atoms with E-state index in [2.05, 4.69) is 16.0 Å². The Morgan fingerprint density at radius 1 is 0.720 bits per heavy atom. The van der Waals surface area contributed by atoms with Crippen LogP contribution in [0.4, 0.5) is 4.79 Å². The minimum absolute atomic E-state index is 0.0197. The lowest BCUT2D eigenvalue weighted by molar-refractivity contribution is -0.934. The molecule has 3 amide bonds. The summed E-state index contributed by atoms with van der Waals surface area (Å²) in [7, 11) is 0. The third-order valence-corrected chi connectivity index (χ3v) is 6.63. The first kappa shape index (κ1) is 17.1. The van der Waals surface area contributed by atoms with E-state index < -0.39 is 0 Å². The zero-order valence-corrected chi connectivity index (χ0v) is 15.2. The van der Waals surface area contributed by atoms with Gasteiger partial charge in [0.15, 0.2) is 6.54 Å². The van der Waals surface area contributed by atoms with E-state index in [0.29, 0.717) is 30.7 Å². The van der Waals surface area contributed by atoms with Crippen molar-refractivity contribution in [1.82, 2.24) is 16.0 Å². The molecule has 2 bridgehead atoms. The summed E-state index contributed by atoms with van der Waals surface area (Å²) in [6.45, 7) is 0.618. The molecule has 2 aliphatic carbocycles. The highest BCUT2D eigenvalue weighted by Crippen LogP contribution is 2.23. The number of nitrogens with one attached hydrogen (secondary N) is 4. The number of fused-ring (bicyclic) bond motifs is 2. The van der Waals surface area contributed by atoms with Crippen LogP contribution in [0.1, 0.15) is 70.6 Å². The number of carbonyl (C=O) groups excluding carboxylic acids is 2. The van der Waals surface area contributed by atoms with Gasteiger partial charge >= 0.3 is 6.03 Å². The van der Waals surface area contributed by atoms with Gasteiger partial charge in [0.25, 0.3) is 5.91 Å². The van der Waals surface area contributed by atoms with Crippen LogP contribution in [0.25, 0.3) is 0 Å². The molecule has 6 nitrogen and oxygen atoms in total. The number of urea groups is 1. The van der Waals surface area contributed by atoms with E-state index in [4.69, 9.17) is 0 Å². The molecule has 2 saturated carbocycles. The highest BCUT2D eigenvalue weighted by molar-refractivity contribution is 5.77. The third-order valence-electron chi connectivity index (χ3n) is 6.63. The fourth-order valence-corrected chi connectivity index (χ4v) is 5.19. The van der Waals surface area contributed by atoms with Crippen molar-refractivity contribution >= 4 is 11.9 Å². The van der Waals surface area contributed by atoms with E-state index in [1.165, 1.54) is 37.0 Å². The fourth-order valence-electron chi connectivity index (χ4n) is 5.19. The number of hydrogen-bond acceptors (Lipinski definition) is 2. The Morgan fingerprint density at radius 2 is 1.32 bits per heavy atom. The van der Waals surface area contributed by atoms with Gasteiger partial charge in [0.1, 0.15) is 0 Å². The summed E-state index contributed by atoms with van der Waals surface area (Å²) in [5.74, 6) is 0.218. The average molecular weight is 349 g/mol. The Morgan fingerprint density at radius 3 is 1.96 bits per heavy atom. The molecule has 4 rings (SSSR count). The van der Waals surface area contributed by atoms with Gasteiger partial charge in [-0.3, -0.25) is 4.79 Å². The summed E-state index contributed by atoms with van der Waals surface area (Å²) in [6.07, 6.45) is 12.7. The van der Waals surface area contributed by atoms with Gasteiger partial charge in [0.2, 0.25) is 0 Å². The predicted molar refractivity (Wildman–Crippen MR) is 95.4 cm³/mol. The van der Waals surface area contributed by atoms with E-state index in [0.717, 1.165) is 38.5 Å². The maximum absolute atomic E-state index is 12.3. The molecule has 4 aliphatic rings. The largest absolute Gasteiger partial charge is 0.348 e. The highest BCUT2D eigenvalue weighted by atomic mass is 16.2. The van der Waals surface area contributed by atoms with Gasteiger partial charge in [-0.25, -0.2) is 4.79 Å². The quantitative estimate of drug-likeness (QED) is 0.583. The van der Waals surface area contributed by atoms with Crippen molar-refractivity contribution in [1.29, 1.82) is 0 Å². The van der Waals surface area contributed by atoms with Crippen molar-refractivity contribution in [3.05, 3.63) is 0 Å². The molecule has 2 heterocycles. The van der Waals surface area contributed by atoms with E-state index >= 15 is 0 Å². The minimum Gasteiger partial charge on any atom is -0.348 e. The Balaban J connectivity index is 1.23. The lowest BCUT2D eigenvalue weighted by Crippen LogP contribution is -3.19. The van der Waals surface area contributed by atoms with Crippen LogP contribution in [0.15, 0.2) is 0 Å². The number of quaternary nitrogens is 1. The molecule has 2 unspecified atom stereocenters. The minimum atomic E-state index is 0.0197. The van der Waals surface area contributed by atoms with Crippen LogP contribution in [-0.2, 0) is 4.79 Å². The molecule has 0 radical (unpaired) electrons. The Labute approximate surface area is 150 Å². The van der Waals surface area contributed by atoms with Crippen molar-refractivity contribution in [2.24, 2.45) is 0 Å². The Bertz CT molecular complexity index is 488. The Hall–Kier alpha value is -1.30. The van der Waals surface area contributed by atoms with Gasteiger partial charge in [-0.05, 0) is 25.7 Å². The van der Waals surface area contributed by atoms with Crippen molar-refractivity contribution in [2.45, 2.75) is 101 Å². The second kappa shape index (κ2) is 7.52. The maximum atomic E-state index is 12.3. The molecule has 0 aromatic carbocycles. The van der Waals surface area contributed by atoms with Crippen LogP contribution >= 0.6 is 0 Å². The number of amides is 3. The van der Waals surface area contributed by atoms with Gasteiger partial charge in [0.05, 0.1) is 12.1 Å². The molecule has 0 aromatic rings. The number of hydrogen-bond donors (Lipinski definition) is 4. The van der Waals surface area contributed by atoms with Gasteiger partial charge in [-0.2, -0.15) is 0 Å². The summed E-state index contributed by atoms with van der Waals surface area (Å²) in [6, 6.07) is 2.17. The van der Waals surface area contributed by atoms with Crippen LogP contribution in [-0.4, -0.2) is 48.7 Å². The van der Waals surface area contributed by atoms with Crippen LogP contribution in [0, 0.1) is 0 Å². The van der Waals surface area contributed by atoms with Crippen LogP contribution < -0.4 is 20.9 Å². The van der Waals surface area contributed by atoms with Gasteiger partial charge in [0, 0.05) is 43.8 Å². The normalized spacial score (nSPS) is 35.2. The lowest BCUT2D eigenvalue weighted by Gasteiger charge is -2.36. The highest BCUT2D eigenvalue weighted by Gasteiger charge is 2.45. The van der Waals surface area contributed by atoms with Crippen LogP contribution in [0.5, 0.6) is 0 Å². The summed E-state index contributed by atoms with van der Waals surface area (Å²) < 4.78 is 0. The molecule has 4 fully saturated rings. The molecule has 6 heteroatoms. The molecule has 0 aromatic heterocycles. The Kier molecular flexibility index (Phi) is 5.15. The number of rotatable bonds is 5. The first-order chi connectivity index (χ1) is 12.2. The summed E-state index contributed by atoms with van der Waals surface area (Å²) in [4.78, 5) is 25.9. The standard InChI is InChI=1S/C19H32N4O2/c24-18(20-14-6-7-14)12-23-16-8-9-17(23)11-15(10-16)22-19(25)21-13-4-2-1-3-5-13/h13-17H,1-12H2,(H,20,24)(H2,21,22,25)/p+1/t15?,16-,17+. The molecule has 2 saturated heterocycles. The summed E-state index contributed by atoms with van der Waals surface area (Å²) in [5, 5.41) is 9.51. The third kappa shape index (κ3) is 4.46. The molecule has 4 N–H and O–H groups in total. The van der Waals surface area contributed by atoms with Gasteiger partial charge in [-0.1, -0.05) is 19.3 Å². The van der Waals surface area contributed by atoms with Gasteiger partial charge in [-0.15, -0.1) is 0 Å². The molecular formula is C19H33N4O2+. The summed E-state index contributed by atoms with van der Waals surface area (Å²) >= 11 is 0. The van der Waals surface area contributed by atoms with Crippen molar-refractivity contribution in [3.63, 3.8) is 0 Å². The van der Waals surface area contributed by atoms with Crippen LogP contribution in [0.3, 0.4) is 0 Å². The van der Waals surface area contributed by atoms with E-state index in [9.17, 15) is 9.59 Å². The molecule has 4 atom stereocenters. The zero-order valence-electron chi connectivity index (χ0n) is 15.2. The average Bonchev–Trinajstić information content (AvgIpc) is 3.35. The topological polar surface area (TPSA) is 74.7 Å². The second-order valence-corrected chi connectivity index (χ2v) is 8.69. The first-order valence-corrected chi connectivity index (χ1v) is 10.4. The fraction of sp³-hybridized carbons (Fsp3) is 0.895. The van der Waals surface area contributed by atoms with Gasteiger partial charge < -0.3 is 20.9 Å². The lowest BCUT2D eigenvalue weighted by atomic mass is 9.95. The van der Waals surface area contributed by atoms with Crippen molar-refractivity contribution in [2.75, 3.05) is 6.54 Å².